The van der Waals surface area contributed by atoms with Gasteiger partial charge in [-0.1, -0.05) is 6.92 Å². The van der Waals surface area contributed by atoms with Gasteiger partial charge in [-0.2, -0.15) is 0 Å². The van der Waals surface area contributed by atoms with Crippen molar-refractivity contribution in [3.8, 4) is 0 Å². The molecule has 96 valence electrons. The van der Waals surface area contributed by atoms with E-state index >= 15 is 0 Å². The SMILES string of the molecule is COC(=O)C(C)CC(=O)c1ccc([N+](=O)[O-])cc1. The lowest BCUT2D eigenvalue weighted by Gasteiger charge is -2.07. The molecule has 0 bridgehead atoms. The van der Waals surface area contributed by atoms with Gasteiger partial charge in [-0.05, 0) is 12.1 Å². The third-order valence-corrected chi connectivity index (χ3v) is 2.50. The maximum atomic E-state index is 11.8. The highest BCUT2D eigenvalue weighted by molar-refractivity contribution is 5.98. The average Bonchev–Trinajstić information content (AvgIpc) is 2.37. The van der Waals surface area contributed by atoms with Gasteiger partial charge in [0.2, 0.25) is 0 Å². The number of rotatable bonds is 5. The van der Waals surface area contributed by atoms with E-state index in [1.165, 1.54) is 31.4 Å². The molecule has 0 aromatic heterocycles. The lowest BCUT2D eigenvalue weighted by atomic mass is 10.00. The molecule has 1 atom stereocenters. The molecule has 0 aliphatic rings. The van der Waals surface area contributed by atoms with Gasteiger partial charge in [0.25, 0.3) is 5.69 Å². The van der Waals surface area contributed by atoms with Gasteiger partial charge in [-0.25, -0.2) is 0 Å². The zero-order valence-corrected chi connectivity index (χ0v) is 10.1. The summed E-state index contributed by atoms with van der Waals surface area (Å²) in [6.07, 6.45) is 0.0183. The van der Waals surface area contributed by atoms with Crippen LogP contribution in [0.4, 0.5) is 5.69 Å². The van der Waals surface area contributed by atoms with E-state index in [-0.39, 0.29) is 17.9 Å². The van der Waals surface area contributed by atoms with Crippen LogP contribution in [0, 0.1) is 16.0 Å². The van der Waals surface area contributed by atoms with E-state index in [4.69, 9.17) is 0 Å². The predicted octanol–water partition coefficient (Wildman–Crippen LogP) is 1.98. The van der Waals surface area contributed by atoms with Crippen LogP contribution in [0.15, 0.2) is 24.3 Å². The highest BCUT2D eigenvalue weighted by atomic mass is 16.6. The van der Waals surface area contributed by atoms with E-state index in [0.717, 1.165) is 0 Å². The molecule has 6 heteroatoms. The Labute approximate surface area is 104 Å². The largest absolute Gasteiger partial charge is 0.469 e. The molecule has 0 saturated carbocycles. The van der Waals surface area contributed by atoms with Crippen LogP contribution in [-0.2, 0) is 9.53 Å². The number of Topliss-reactive ketones (excluding diaryl/α,β-unsaturated/α-hetero) is 1. The normalized spacial score (nSPS) is 11.7. The number of non-ortho nitro benzene ring substituents is 1. The molecule has 0 spiro atoms. The minimum Gasteiger partial charge on any atom is -0.469 e. The maximum absolute atomic E-state index is 11.8. The topological polar surface area (TPSA) is 86.5 Å². The number of hydrogen-bond acceptors (Lipinski definition) is 5. The van der Waals surface area contributed by atoms with Crippen LogP contribution in [0.1, 0.15) is 23.7 Å². The highest BCUT2D eigenvalue weighted by Gasteiger charge is 2.18. The fraction of sp³-hybridized carbons (Fsp3) is 0.333. The second kappa shape index (κ2) is 5.90. The molecule has 0 saturated heterocycles. The lowest BCUT2D eigenvalue weighted by molar-refractivity contribution is -0.384. The van der Waals surface area contributed by atoms with E-state index < -0.39 is 16.8 Å². The number of ether oxygens (including phenoxy) is 1. The first-order valence-corrected chi connectivity index (χ1v) is 5.31. The number of carbonyl (C=O) groups is 2. The first kappa shape index (κ1) is 13.8. The number of hydrogen-bond donors (Lipinski definition) is 0. The summed E-state index contributed by atoms with van der Waals surface area (Å²) in [7, 11) is 1.26. The van der Waals surface area contributed by atoms with E-state index in [0.29, 0.717) is 5.56 Å². The number of nitro groups is 1. The standard InChI is InChI=1S/C12H13NO5/c1-8(12(15)18-2)7-11(14)9-3-5-10(6-4-9)13(16)17/h3-6,8H,7H2,1-2H3. The Bertz CT molecular complexity index is 466. The van der Waals surface area contributed by atoms with Crippen LogP contribution >= 0.6 is 0 Å². The molecule has 0 radical (unpaired) electrons. The quantitative estimate of drug-likeness (QED) is 0.345. The summed E-state index contributed by atoms with van der Waals surface area (Å²) in [5.74, 6) is -1.23. The van der Waals surface area contributed by atoms with Crippen LogP contribution in [0.3, 0.4) is 0 Å². The summed E-state index contributed by atoms with van der Waals surface area (Å²) in [5.41, 5.74) is 0.268. The van der Waals surface area contributed by atoms with Crippen molar-refractivity contribution in [2.75, 3.05) is 7.11 Å². The molecular formula is C12H13NO5. The summed E-state index contributed by atoms with van der Waals surface area (Å²) in [6.45, 7) is 1.59. The van der Waals surface area contributed by atoms with Crippen molar-refractivity contribution in [3.63, 3.8) is 0 Å². The van der Waals surface area contributed by atoms with Crippen LogP contribution in [-0.4, -0.2) is 23.8 Å². The fourth-order valence-electron chi connectivity index (χ4n) is 1.45. The molecule has 0 amide bonds. The number of benzene rings is 1. The third-order valence-electron chi connectivity index (χ3n) is 2.50. The molecular weight excluding hydrogens is 238 g/mol. The Morgan fingerprint density at radius 3 is 2.33 bits per heavy atom. The smallest absolute Gasteiger partial charge is 0.308 e. The van der Waals surface area contributed by atoms with Crippen molar-refractivity contribution in [1.82, 2.24) is 0 Å². The van der Waals surface area contributed by atoms with Crippen LogP contribution in [0.25, 0.3) is 0 Å². The van der Waals surface area contributed by atoms with Crippen molar-refractivity contribution >= 4 is 17.4 Å². The van der Waals surface area contributed by atoms with E-state index in [2.05, 4.69) is 4.74 Å². The molecule has 0 aliphatic carbocycles. The average molecular weight is 251 g/mol. The van der Waals surface area contributed by atoms with E-state index in [1.807, 2.05) is 0 Å². The van der Waals surface area contributed by atoms with E-state index in [1.54, 1.807) is 6.92 Å². The number of nitrogens with zero attached hydrogens (tertiary/aromatic N) is 1. The lowest BCUT2D eigenvalue weighted by Crippen LogP contribution is -2.16. The molecule has 0 aliphatic heterocycles. The van der Waals surface area contributed by atoms with Gasteiger partial charge in [0.15, 0.2) is 5.78 Å². The summed E-state index contributed by atoms with van der Waals surface area (Å²) >= 11 is 0. The number of carbonyl (C=O) groups excluding carboxylic acids is 2. The Kier molecular flexibility index (Phi) is 4.53. The molecule has 0 heterocycles. The Balaban J connectivity index is 2.73. The van der Waals surface area contributed by atoms with E-state index in [9.17, 15) is 19.7 Å². The van der Waals surface area contributed by atoms with Gasteiger partial charge >= 0.3 is 5.97 Å². The third kappa shape index (κ3) is 3.38. The van der Waals surface area contributed by atoms with Crippen LogP contribution in [0.2, 0.25) is 0 Å². The molecule has 1 aromatic rings. The maximum Gasteiger partial charge on any atom is 0.308 e. The Morgan fingerprint density at radius 1 is 1.33 bits per heavy atom. The molecule has 0 N–H and O–H groups in total. The van der Waals surface area contributed by atoms with Gasteiger partial charge < -0.3 is 4.74 Å². The second-order valence-corrected chi connectivity index (χ2v) is 3.86. The van der Waals surface area contributed by atoms with Gasteiger partial charge in [0, 0.05) is 24.1 Å². The predicted molar refractivity (Wildman–Crippen MR) is 63.2 cm³/mol. The van der Waals surface area contributed by atoms with Crippen LogP contribution in [0.5, 0.6) is 0 Å². The monoisotopic (exact) mass is 251 g/mol. The fourth-order valence-corrected chi connectivity index (χ4v) is 1.45. The molecule has 0 fully saturated rings. The van der Waals surface area contributed by atoms with Crippen molar-refractivity contribution in [2.45, 2.75) is 13.3 Å². The first-order valence-electron chi connectivity index (χ1n) is 5.31. The Morgan fingerprint density at radius 2 is 1.89 bits per heavy atom. The molecule has 1 rings (SSSR count). The first-order chi connectivity index (χ1) is 8.45. The number of esters is 1. The molecule has 1 aromatic carbocycles. The molecule has 6 nitrogen and oxygen atoms in total. The number of nitro benzene ring substituents is 1. The summed E-state index contributed by atoms with van der Waals surface area (Å²) in [5, 5.41) is 10.4. The van der Waals surface area contributed by atoms with Crippen molar-refractivity contribution in [2.24, 2.45) is 5.92 Å². The minimum atomic E-state index is -0.536. The minimum absolute atomic E-state index is 0.0183. The van der Waals surface area contributed by atoms with Crippen molar-refractivity contribution < 1.29 is 19.2 Å². The summed E-state index contributed by atoms with van der Waals surface area (Å²) in [4.78, 5) is 32.8. The zero-order valence-electron chi connectivity index (χ0n) is 10.1. The number of methoxy groups -OCH3 is 1. The summed E-state index contributed by atoms with van der Waals surface area (Å²) in [6, 6.07) is 5.28. The molecule has 1 unspecified atom stereocenters. The van der Waals surface area contributed by atoms with Gasteiger partial charge in [0.1, 0.15) is 0 Å². The van der Waals surface area contributed by atoms with Gasteiger partial charge in [-0.3, -0.25) is 19.7 Å². The van der Waals surface area contributed by atoms with Crippen LogP contribution < -0.4 is 0 Å². The van der Waals surface area contributed by atoms with Crippen molar-refractivity contribution in [1.29, 1.82) is 0 Å². The van der Waals surface area contributed by atoms with Crippen molar-refractivity contribution in [3.05, 3.63) is 39.9 Å². The summed E-state index contributed by atoms with van der Waals surface area (Å²) < 4.78 is 4.52. The van der Waals surface area contributed by atoms with Gasteiger partial charge in [0.05, 0.1) is 18.0 Å². The second-order valence-electron chi connectivity index (χ2n) is 3.86. The van der Waals surface area contributed by atoms with Gasteiger partial charge in [-0.15, -0.1) is 0 Å². The zero-order chi connectivity index (χ0) is 13.7. The molecule has 18 heavy (non-hydrogen) atoms. The number of ketones is 1. The highest BCUT2D eigenvalue weighted by Crippen LogP contribution is 2.15. The Hall–Kier alpha value is -2.24.